The molecule has 3 heteroatoms. The lowest BCUT2D eigenvalue weighted by Crippen LogP contribution is -2.15. The minimum Gasteiger partial charge on any atom is -0.508 e. The molecule has 0 aliphatic rings. The molecule has 0 aliphatic heterocycles. The molecule has 1 N–H and O–H groups in total. The van der Waals surface area contributed by atoms with Crippen LogP contribution in [-0.4, -0.2) is 11.3 Å². The molecule has 0 saturated heterocycles. The Kier molecular flexibility index (Phi) is 6.07. The summed E-state index contributed by atoms with van der Waals surface area (Å²) in [6.45, 7) is 11.1. The van der Waals surface area contributed by atoms with Gasteiger partial charge in [-0.2, -0.15) is 0 Å². The highest BCUT2D eigenvalue weighted by Gasteiger charge is 2.22. The predicted molar refractivity (Wildman–Crippen MR) is 121 cm³/mol. The largest absolute Gasteiger partial charge is 0.508 e. The van der Waals surface area contributed by atoms with Gasteiger partial charge in [0.1, 0.15) is 18.1 Å². The Bertz CT molecular complexity index is 1010. The van der Waals surface area contributed by atoms with E-state index in [2.05, 4.69) is 57.0 Å². The highest BCUT2D eigenvalue weighted by molar-refractivity contribution is 5.87. The molecule has 0 heterocycles. The van der Waals surface area contributed by atoms with Crippen LogP contribution in [-0.2, 0) is 12.0 Å². The van der Waals surface area contributed by atoms with Crippen LogP contribution in [0.2, 0.25) is 0 Å². The molecular weight excluding hydrogens is 358 g/mol. The Morgan fingerprint density at radius 2 is 1.69 bits per heavy atom. The maximum absolute atomic E-state index is 9.64. The van der Waals surface area contributed by atoms with Gasteiger partial charge in [0.25, 0.3) is 0 Å². The van der Waals surface area contributed by atoms with Gasteiger partial charge in [0, 0.05) is 17.3 Å². The van der Waals surface area contributed by atoms with Gasteiger partial charge in [-0.15, -0.1) is 0 Å². The molecule has 0 unspecified atom stereocenters. The van der Waals surface area contributed by atoms with Crippen LogP contribution in [0.15, 0.2) is 65.7 Å². The van der Waals surface area contributed by atoms with Crippen LogP contribution in [0, 0.1) is 13.8 Å². The molecule has 3 nitrogen and oxygen atoms in total. The number of benzene rings is 3. The van der Waals surface area contributed by atoms with Crippen molar-refractivity contribution < 1.29 is 9.84 Å². The SMILES string of the molecule is Cc1cc(C=Nc2ccc(O)cc2C)c(OCc2ccccc2)c(C(C)(C)C)c1. The highest BCUT2D eigenvalue weighted by atomic mass is 16.5. The first-order valence-electron chi connectivity index (χ1n) is 9.89. The maximum atomic E-state index is 9.64. The minimum atomic E-state index is -0.0604. The summed E-state index contributed by atoms with van der Waals surface area (Å²) in [5.74, 6) is 1.12. The number of nitrogens with zero attached hydrogens (tertiary/aromatic N) is 1. The van der Waals surface area contributed by atoms with E-state index in [0.717, 1.165) is 33.7 Å². The Morgan fingerprint density at radius 1 is 0.966 bits per heavy atom. The Hall–Kier alpha value is -3.07. The number of phenolic OH excluding ortho intramolecular Hbond substituents is 1. The van der Waals surface area contributed by atoms with Crippen LogP contribution in [0.3, 0.4) is 0 Å². The fourth-order valence-corrected chi connectivity index (χ4v) is 3.27. The van der Waals surface area contributed by atoms with Crippen LogP contribution in [0.25, 0.3) is 0 Å². The smallest absolute Gasteiger partial charge is 0.132 e. The standard InChI is InChI=1S/C26H29NO2/c1-18-13-21(16-27-24-12-11-22(28)15-19(24)2)25(23(14-18)26(3,4)5)29-17-20-9-7-6-8-10-20/h6-16,28H,17H2,1-5H3. The van der Waals surface area contributed by atoms with Gasteiger partial charge in [0.15, 0.2) is 0 Å². The van der Waals surface area contributed by atoms with Crippen LogP contribution >= 0.6 is 0 Å². The molecule has 3 aromatic rings. The fourth-order valence-electron chi connectivity index (χ4n) is 3.27. The van der Waals surface area contributed by atoms with E-state index in [9.17, 15) is 5.11 Å². The number of phenols is 1. The van der Waals surface area contributed by atoms with E-state index >= 15 is 0 Å². The second-order valence-electron chi connectivity index (χ2n) is 8.48. The summed E-state index contributed by atoms with van der Waals surface area (Å²) >= 11 is 0. The topological polar surface area (TPSA) is 41.8 Å². The average molecular weight is 388 g/mol. The van der Waals surface area contributed by atoms with E-state index in [1.165, 1.54) is 5.56 Å². The second-order valence-corrected chi connectivity index (χ2v) is 8.48. The molecular formula is C26H29NO2. The van der Waals surface area contributed by atoms with Gasteiger partial charge in [0.05, 0.1) is 5.69 Å². The Labute approximate surface area is 173 Å². The van der Waals surface area contributed by atoms with Gasteiger partial charge in [-0.3, -0.25) is 4.99 Å². The van der Waals surface area contributed by atoms with Gasteiger partial charge >= 0.3 is 0 Å². The normalized spacial score (nSPS) is 11.8. The Morgan fingerprint density at radius 3 is 2.34 bits per heavy atom. The number of aliphatic imine (C=N–C) groups is 1. The first-order chi connectivity index (χ1) is 13.7. The van der Waals surface area contributed by atoms with Gasteiger partial charge in [-0.25, -0.2) is 0 Å². The van der Waals surface area contributed by atoms with Crippen LogP contribution in [0.4, 0.5) is 5.69 Å². The quantitative estimate of drug-likeness (QED) is 0.499. The lowest BCUT2D eigenvalue weighted by Gasteiger charge is -2.25. The zero-order chi connectivity index (χ0) is 21.0. The molecule has 29 heavy (non-hydrogen) atoms. The summed E-state index contributed by atoms with van der Waals surface area (Å²) in [5.41, 5.74) is 6.12. The number of hydrogen-bond acceptors (Lipinski definition) is 3. The van der Waals surface area contributed by atoms with E-state index in [0.29, 0.717) is 6.61 Å². The molecule has 0 fully saturated rings. The van der Waals surface area contributed by atoms with Gasteiger partial charge in [-0.05, 0) is 60.2 Å². The third kappa shape index (κ3) is 5.26. The van der Waals surface area contributed by atoms with E-state index in [-0.39, 0.29) is 11.2 Å². The van der Waals surface area contributed by atoms with Crippen molar-refractivity contribution in [1.29, 1.82) is 0 Å². The first-order valence-corrected chi connectivity index (χ1v) is 9.89. The number of rotatable bonds is 5. The summed E-state index contributed by atoms with van der Waals surface area (Å²) in [6, 6.07) is 19.7. The number of aryl methyl sites for hydroxylation is 2. The fraction of sp³-hybridized carbons (Fsp3) is 0.269. The molecule has 3 aromatic carbocycles. The lowest BCUT2D eigenvalue weighted by molar-refractivity contribution is 0.297. The van der Waals surface area contributed by atoms with Gasteiger partial charge in [-0.1, -0.05) is 57.2 Å². The lowest BCUT2D eigenvalue weighted by atomic mass is 9.84. The summed E-state index contributed by atoms with van der Waals surface area (Å²) in [4.78, 5) is 4.68. The second kappa shape index (κ2) is 8.52. The zero-order valence-corrected chi connectivity index (χ0v) is 17.9. The van der Waals surface area contributed by atoms with Gasteiger partial charge < -0.3 is 9.84 Å². The first kappa shape index (κ1) is 20.7. The van der Waals surface area contributed by atoms with Crippen molar-refractivity contribution in [3.63, 3.8) is 0 Å². The van der Waals surface area contributed by atoms with Crippen molar-refractivity contribution in [3.8, 4) is 11.5 Å². The van der Waals surface area contributed by atoms with Crippen molar-refractivity contribution in [3.05, 3.63) is 88.5 Å². The highest BCUT2D eigenvalue weighted by Crippen LogP contribution is 2.36. The van der Waals surface area contributed by atoms with Gasteiger partial charge in [0.2, 0.25) is 0 Å². The molecule has 0 spiro atoms. The summed E-state index contributed by atoms with van der Waals surface area (Å²) in [7, 11) is 0. The van der Waals surface area contributed by atoms with Crippen molar-refractivity contribution in [2.75, 3.05) is 0 Å². The zero-order valence-electron chi connectivity index (χ0n) is 17.9. The molecule has 0 saturated carbocycles. The monoisotopic (exact) mass is 387 g/mol. The molecule has 0 atom stereocenters. The van der Waals surface area contributed by atoms with Crippen molar-refractivity contribution in [2.45, 2.75) is 46.6 Å². The third-order valence-corrected chi connectivity index (χ3v) is 4.82. The number of ether oxygens (including phenoxy) is 1. The van der Waals surface area contributed by atoms with E-state index in [1.807, 2.05) is 37.4 Å². The van der Waals surface area contributed by atoms with Crippen molar-refractivity contribution in [1.82, 2.24) is 0 Å². The van der Waals surface area contributed by atoms with Crippen molar-refractivity contribution in [2.24, 2.45) is 4.99 Å². The third-order valence-electron chi connectivity index (χ3n) is 4.82. The summed E-state index contributed by atoms with van der Waals surface area (Å²) in [6.07, 6.45) is 1.86. The molecule has 0 bridgehead atoms. The molecule has 3 rings (SSSR count). The summed E-state index contributed by atoms with van der Waals surface area (Å²) < 4.78 is 6.34. The number of aromatic hydroxyl groups is 1. The molecule has 0 aromatic heterocycles. The number of hydrogen-bond donors (Lipinski definition) is 1. The van der Waals surface area contributed by atoms with E-state index in [1.54, 1.807) is 12.1 Å². The predicted octanol–water partition coefficient (Wildman–Crippen LogP) is 6.64. The van der Waals surface area contributed by atoms with Crippen LogP contribution in [0.5, 0.6) is 11.5 Å². The molecule has 150 valence electrons. The van der Waals surface area contributed by atoms with E-state index in [4.69, 9.17) is 4.74 Å². The molecule has 0 radical (unpaired) electrons. The van der Waals surface area contributed by atoms with Crippen LogP contribution < -0.4 is 4.74 Å². The Balaban J connectivity index is 2.02. The maximum Gasteiger partial charge on any atom is 0.132 e. The molecule has 0 amide bonds. The molecule has 0 aliphatic carbocycles. The van der Waals surface area contributed by atoms with Crippen molar-refractivity contribution >= 4 is 11.9 Å². The summed E-state index contributed by atoms with van der Waals surface area (Å²) in [5, 5.41) is 9.64. The average Bonchev–Trinajstić information content (AvgIpc) is 2.66. The minimum absolute atomic E-state index is 0.0604. The van der Waals surface area contributed by atoms with Crippen LogP contribution in [0.1, 0.15) is 48.6 Å². The van der Waals surface area contributed by atoms with E-state index < -0.39 is 0 Å².